The molecule has 1 atom stereocenters. The Morgan fingerprint density at radius 1 is 1.04 bits per heavy atom. The van der Waals surface area contributed by atoms with Crippen molar-refractivity contribution in [2.75, 3.05) is 7.05 Å². The number of hydrogen-bond acceptors (Lipinski definition) is 3. The highest BCUT2D eigenvalue weighted by molar-refractivity contribution is 7.92. The van der Waals surface area contributed by atoms with Crippen molar-refractivity contribution in [3.05, 3.63) is 71.3 Å². The van der Waals surface area contributed by atoms with E-state index in [9.17, 15) is 22.0 Å². The summed E-state index contributed by atoms with van der Waals surface area (Å²) in [5.74, 6) is -1.98. The van der Waals surface area contributed by atoms with E-state index >= 15 is 0 Å². The van der Waals surface area contributed by atoms with E-state index in [1.165, 1.54) is 55.3 Å². The normalized spacial score (nSPS) is 12.6. The van der Waals surface area contributed by atoms with Gasteiger partial charge in [0.05, 0.1) is 5.75 Å². The molecule has 4 nitrogen and oxygen atoms in total. The van der Waals surface area contributed by atoms with Crippen molar-refractivity contribution in [3.63, 3.8) is 0 Å². The minimum absolute atomic E-state index is 0.0937. The highest BCUT2D eigenvalue weighted by Gasteiger charge is 2.30. The summed E-state index contributed by atoms with van der Waals surface area (Å²) in [6.07, 6.45) is 0. The summed E-state index contributed by atoms with van der Waals surface area (Å²) < 4.78 is 51.3. The molecule has 0 saturated carbocycles. The first kappa shape index (κ1) is 19.1. The van der Waals surface area contributed by atoms with E-state index in [1.54, 1.807) is 6.07 Å². The summed E-state index contributed by atoms with van der Waals surface area (Å²) in [4.78, 5) is 13.7. The van der Waals surface area contributed by atoms with Gasteiger partial charge >= 0.3 is 0 Å². The van der Waals surface area contributed by atoms with Crippen LogP contribution in [0.3, 0.4) is 0 Å². The lowest BCUT2D eigenvalue weighted by molar-refractivity contribution is -0.129. The lowest BCUT2D eigenvalue weighted by Crippen LogP contribution is -2.39. The van der Waals surface area contributed by atoms with Crippen LogP contribution in [0.5, 0.6) is 0 Å². The topological polar surface area (TPSA) is 54.5 Å². The number of benzene rings is 2. The molecule has 7 heteroatoms. The van der Waals surface area contributed by atoms with Gasteiger partial charge in [0.2, 0.25) is 5.91 Å². The fourth-order valence-electron chi connectivity index (χ4n) is 2.44. The summed E-state index contributed by atoms with van der Waals surface area (Å²) in [5, 5.41) is -1.28. The van der Waals surface area contributed by atoms with Crippen molar-refractivity contribution in [2.45, 2.75) is 24.5 Å². The molecule has 0 fully saturated rings. The standard InChI is InChI=1S/C18H19F2NO3S/c1-13(25(23,24)12-15-6-4-8-17(20)10-15)18(22)21(2)11-14-5-3-7-16(19)9-14/h3-10,13H,11-12H2,1-2H3. The maximum Gasteiger partial charge on any atom is 0.240 e. The Morgan fingerprint density at radius 3 is 2.12 bits per heavy atom. The third kappa shape index (κ3) is 5.09. The van der Waals surface area contributed by atoms with Gasteiger partial charge in [-0.15, -0.1) is 0 Å². The largest absolute Gasteiger partial charge is 0.340 e. The summed E-state index contributed by atoms with van der Waals surface area (Å²) in [6, 6.07) is 11.0. The molecule has 0 N–H and O–H groups in total. The summed E-state index contributed by atoms with van der Waals surface area (Å²) in [7, 11) is -2.35. The van der Waals surface area contributed by atoms with Crippen LogP contribution in [0.15, 0.2) is 48.5 Å². The van der Waals surface area contributed by atoms with Crippen LogP contribution in [0.4, 0.5) is 8.78 Å². The van der Waals surface area contributed by atoms with E-state index in [2.05, 4.69) is 0 Å². The average Bonchev–Trinajstić information content (AvgIpc) is 2.53. The van der Waals surface area contributed by atoms with Gasteiger partial charge in [0.1, 0.15) is 16.9 Å². The van der Waals surface area contributed by atoms with Crippen molar-refractivity contribution >= 4 is 15.7 Å². The Labute approximate surface area is 146 Å². The Bertz CT molecular complexity index is 868. The monoisotopic (exact) mass is 367 g/mol. The van der Waals surface area contributed by atoms with Gasteiger partial charge in [0, 0.05) is 13.6 Å². The van der Waals surface area contributed by atoms with E-state index in [-0.39, 0.29) is 12.1 Å². The molecule has 2 rings (SSSR count). The molecule has 0 spiro atoms. The van der Waals surface area contributed by atoms with Crippen molar-refractivity contribution in [1.82, 2.24) is 4.90 Å². The third-order valence-corrected chi connectivity index (χ3v) is 5.84. The van der Waals surface area contributed by atoms with Crippen molar-refractivity contribution in [2.24, 2.45) is 0 Å². The molecule has 0 aliphatic rings. The van der Waals surface area contributed by atoms with Gasteiger partial charge in [-0.1, -0.05) is 24.3 Å². The van der Waals surface area contributed by atoms with Crippen LogP contribution in [0.1, 0.15) is 18.1 Å². The molecule has 1 amide bonds. The maximum absolute atomic E-state index is 13.2. The Morgan fingerprint density at radius 2 is 1.56 bits per heavy atom. The van der Waals surface area contributed by atoms with Crippen LogP contribution in [0.25, 0.3) is 0 Å². The van der Waals surface area contributed by atoms with Crippen molar-refractivity contribution in [1.29, 1.82) is 0 Å². The van der Waals surface area contributed by atoms with Gasteiger partial charge in [-0.25, -0.2) is 17.2 Å². The highest BCUT2D eigenvalue weighted by atomic mass is 32.2. The average molecular weight is 367 g/mol. The smallest absolute Gasteiger partial charge is 0.240 e. The maximum atomic E-state index is 13.2. The van der Waals surface area contributed by atoms with E-state index in [0.717, 1.165) is 6.07 Å². The number of carbonyl (C=O) groups is 1. The molecule has 0 bridgehead atoms. The molecule has 0 heterocycles. The second kappa shape index (κ2) is 7.74. The van der Waals surface area contributed by atoms with Gasteiger partial charge in [0.15, 0.2) is 9.84 Å². The summed E-state index contributed by atoms with van der Waals surface area (Å²) in [5.41, 5.74) is 0.845. The van der Waals surface area contributed by atoms with Crippen LogP contribution in [0, 0.1) is 11.6 Å². The van der Waals surface area contributed by atoms with Gasteiger partial charge < -0.3 is 4.90 Å². The Hall–Kier alpha value is -2.28. The molecule has 0 aliphatic carbocycles. The predicted octanol–water partition coefficient (Wildman–Crippen LogP) is 2.93. The van der Waals surface area contributed by atoms with Crippen molar-refractivity contribution < 1.29 is 22.0 Å². The van der Waals surface area contributed by atoms with E-state index in [0.29, 0.717) is 5.56 Å². The quantitative estimate of drug-likeness (QED) is 0.789. The van der Waals surface area contributed by atoms with Crippen LogP contribution in [-0.2, 0) is 26.9 Å². The summed E-state index contributed by atoms with van der Waals surface area (Å²) in [6.45, 7) is 1.40. The first-order chi connectivity index (χ1) is 11.7. The van der Waals surface area contributed by atoms with Gasteiger partial charge in [-0.05, 0) is 42.3 Å². The first-order valence-electron chi connectivity index (χ1n) is 7.64. The van der Waals surface area contributed by atoms with E-state index in [4.69, 9.17) is 0 Å². The van der Waals surface area contributed by atoms with Crippen LogP contribution >= 0.6 is 0 Å². The molecular weight excluding hydrogens is 348 g/mol. The zero-order valence-corrected chi connectivity index (χ0v) is 14.8. The second-order valence-corrected chi connectivity index (χ2v) is 8.23. The Kier molecular flexibility index (Phi) is 5.89. The zero-order valence-electron chi connectivity index (χ0n) is 13.9. The van der Waals surface area contributed by atoms with Gasteiger partial charge in [-0.3, -0.25) is 4.79 Å². The molecule has 0 radical (unpaired) electrons. The highest BCUT2D eigenvalue weighted by Crippen LogP contribution is 2.15. The first-order valence-corrected chi connectivity index (χ1v) is 9.36. The number of hydrogen-bond donors (Lipinski definition) is 0. The lowest BCUT2D eigenvalue weighted by Gasteiger charge is -2.21. The number of sulfone groups is 1. The molecule has 2 aromatic carbocycles. The van der Waals surface area contributed by atoms with Crippen LogP contribution in [-0.4, -0.2) is 31.5 Å². The predicted molar refractivity (Wildman–Crippen MR) is 91.4 cm³/mol. The second-order valence-electron chi connectivity index (χ2n) is 5.90. The minimum atomic E-state index is -3.81. The van der Waals surface area contributed by atoms with E-state index < -0.39 is 38.4 Å². The number of amides is 1. The molecule has 134 valence electrons. The molecule has 1 unspecified atom stereocenters. The van der Waals surface area contributed by atoms with Crippen LogP contribution in [0.2, 0.25) is 0 Å². The zero-order chi connectivity index (χ0) is 18.6. The van der Waals surface area contributed by atoms with Crippen LogP contribution < -0.4 is 0 Å². The number of carbonyl (C=O) groups excluding carboxylic acids is 1. The summed E-state index contributed by atoms with van der Waals surface area (Å²) >= 11 is 0. The molecule has 0 aliphatic heterocycles. The number of halogens is 2. The van der Waals surface area contributed by atoms with Crippen molar-refractivity contribution in [3.8, 4) is 0 Å². The lowest BCUT2D eigenvalue weighted by atomic mass is 10.2. The third-order valence-electron chi connectivity index (χ3n) is 3.83. The SMILES string of the molecule is CC(C(=O)N(C)Cc1cccc(F)c1)S(=O)(=O)Cc1cccc(F)c1. The number of nitrogens with zero attached hydrogens (tertiary/aromatic N) is 1. The molecule has 25 heavy (non-hydrogen) atoms. The fraction of sp³-hybridized carbons (Fsp3) is 0.278. The number of rotatable bonds is 6. The fourth-order valence-corrected chi connectivity index (χ4v) is 3.82. The minimum Gasteiger partial charge on any atom is -0.340 e. The Balaban J connectivity index is 2.09. The van der Waals surface area contributed by atoms with Gasteiger partial charge in [-0.2, -0.15) is 0 Å². The van der Waals surface area contributed by atoms with E-state index in [1.807, 2.05) is 0 Å². The molecular formula is C18H19F2NO3S. The molecule has 2 aromatic rings. The van der Waals surface area contributed by atoms with Gasteiger partial charge in [0.25, 0.3) is 0 Å². The molecule has 0 saturated heterocycles. The molecule has 0 aromatic heterocycles.